The predicted octanol–water partition coefficient (Wildman–Crippen LogP) is 3.19. The molecule has 0 saturated carbocycles. The second kappa shape index (κ2) is 6.16. The van der Waals surface area contributed by atoms with Crippen molar-refractivity contribution in [3.8, 4) is 17.2 Å². The third kappa shape index (κ3) is 3.27. The summed E-state index contributed by atoms with van der Waals surface area (Å²) >= 11 is 0. The molecule has 3 aromatic rings. The summed E-state index contributed by atoms with van der Waals surface area (Å²) in [5.74, 6) is 0.363. The van der Waals surface area contributed by atoms with Crippen LogP contribution in [-0.2, 0) is 0 Å². The van der Waals surface area contributed by atoms with Gasteiger partial charge in [0.25, 0.3) is 0 Å². The van der Waals surface area contributed by atoms with Gasteiger partial charge in [-0.2, -0.15) is 10.4 Å². The molecule has 0 aliphatic carbocycles. The molecule has 0 aliphatic heterocycles. The average molecular weight is 301 g/mol. The molecule has 0 aliphatic rings. The summed E-state index contributed by atoms with van der Waals surface area (Å²) in [5.41, 5.74) is 10.3. The molecule has 3 rings (SSSR count). The maximum Gasteiger partial charge on any atom is 0.221 e. The SMILES string of the molecule is Cc1cn(N=Cc2cccc(-c3ccc(C#N)cc3)c2)c(N)n1. The van der Waals surface area contributed by atoms with Gasteiger partial charge in [0.15, 0.2) is 0 Å². The van der Waals surface area contributed by atoms with Crippen molar-refractivity contribution in [3.63, 3.8) is 0 Å². The van der Waals surface area contributed by atoms with Gasteiger partial charge in [-0.25, -0.2) is 9.66 Å². The van der Waals surface area contributed by atoms with Crippen LogP contribution in [0.4, 0.5) is 5.95 Å². The summed E-state index contributed by atoms with van der Waals surface area (Å²) in [4.78, 5) is 4.11. The first-order valence-electron chi connectivity index (χ1n) is 7.12. The number of nitrogens with two attached hydrogens (primary N) is 1. The molecule has 5 heteroatoms. The third-order valence-electron chi connectivity index (χ3n) is 3.40. The molecule has 0 atom stereocenters. The number of benzene rings is 2. The normalized spacial score (nSPS) is 10.8. The topological polar surface area (TPSA) is 80.0 Å². The second-order valence-corrected chi connectivity index (χ2v) is 5.14. The summed E-state index contributed by atoms with van der Waals surface area (Å²) in [5, 5.41) is 13.2. The number of nitrogens with zero attached hydrogens (tertiary/aromatic N) is 4. The third-order valence-corrected chi connectivity index (χ3v) is 3.40. The van der Waals surface area contributed by atoms with E-state index in [1.54, 1.807) is 17.1 Å². The molecule has 112 valence electrons. The lowest BCUT2D eigenvalue weighted by Gasteiger charge is -2.03. The molecule has 0 saturated heterocycles. The zero-order valence-corrected chi connectivity index (χ0v) is 12.6. The van der Waals surface area contributed by atoms with E-state index in [-0.39, 0.29) is 0 Å². The number of hydrogen-bond acceptors (Lipinski definition) is 4. The van der Waals surface area contributed by atoms with Gasteiger partial charge in [0.2, 0.25) is 5.95 Å². The van der Waals surface area contributed by atoms with Crippen LogP contribution in [0.5, 0.6) is 0 Å². The number of rotatable bonds is 3. The van der Waals surface area contributed by atoms with Gasteiger partial charge in [-0.15, -0.1) is 0 Å². The number of nitrogen functional groups attached to an aromatic ring is 1. The van der Waals surface area contributed by atoms with Gasteiger partial charge in [-0.1, -0.05) is 30.3 Å². The minimum atomic E-state index is 0.363. The first-order valence-corrected chi connectivity index (χ1v) is 7.12. The lowest BCUT2D eigenvalue weighted by Crippen LogP contribution is -1.97. The number of aromatic nitrogens is 2. The average Bonchev–Trinajstić information content (AvgIpc) is 2.91. The van der Waals surface area contributed by atoms with Crippen molar-refractivity contribution in [2.75, 3.05) is 5.73 Å². The Bertz CT molecular complexity index is 898. The highest BCUT2D eigenvalue weighted by Gasteiger charge is 2.01. The highest BCUT2D eigenvalue weighted by molar-refractivity contribution is 5.82. The predicted molar refractivity (Wildman–Crippen MR) is 91.0 cm³/mol. The number of nitriles is 1. The first-order chi connectivity index (χ1) is 11.2. The van der Waals surface area contributed by atoms with E-state index in [0.717, 1.165) is 22.4 Å². The minimum Gasteiger partial charge on any atom is -0.368 e. The van der Waals surface area contributed by atoms with Crippen molar-refractivity contribution in [1.29, 1.82) is 5.26 Å². The Kier molecular flexibility index (Phi) is 3.89. The van der Waals surface area contributed by atoms with Crippen molar-refractivity contribution >= 4 is 12.2 Å². The Balaban J connectivity index is 1.87. The van der Waals surface area contributed by atoms with E-state index in [4.69, 9.17) is 11.0 Å². The van der Waals surface area contributed by atoms with E-state index in [9.17, 15) is 0 Å². The summed E-state index contributed by atoms with van der Waals surface area (Å²) in [7, 11) is 0. The molecule has 0 spiro atoms. The molecule has 0 amide bonds. The van der Waals surface area contributed by atoms with Crippen LogP contribution in [-0.4, -0.2) is 15.9 Å². The van der Waals surface area contributed by atoms with Crippen LogP contribution < -0.4 is 5.73 Å². The highest BCUT2D eigenvalue weighted by atomic mass is 15.4. The fraction of sp³-hybridized carbons (Fsp3) is 0.0556. The van der Waals surface area contributed by atoms with E-state index >= 15 is 0 Å². The fourth-order valence-corrected chi connectivity index (χ4v) is 2.26. The zero-order valence-electron chi connectivity index (χ0n) is 12.6. The summed E-state index contributed by atoms with van der Waals surface area (Å²) < 4.78 is 1.55. The van der Waals surface area contributed by atoms with Crippen LogP contribution in [0.1, 0.15) is 16.8 Å². The summed E-state index contributed by atoms with van der Waals surface area (Å²) in [6.45, 7) is 1.87. The van der Waals surface area contributed by atoms with Crippen LogP contribution in [0.15, 0.2) is 59.8 Å². The van der Waals surface area contributed by atoms with Crippen LogP contribution in [0.3, 0.4) is 0 Å². The maximum atomic E-state index is 8.86. The van der Waals surface area contributed by atoms with Crippen LogP contribution >= 0.6 is 0 Å². The number of anilines is 1. The van der Waals surface area contributed by atoms with Gasteiger partial charge in [0, 0.05) is 0 Å². The summed E-state index contributed by atoms with van der Waals surface area (Å²) in [6.07, 6.45) is 3.51. The number of hydrogen-bond donors (Lipinski definition) is 1. The molecular weight excluding hydrogens is 286 g/mol. The van der Waals surface area contributed by atoms with Gasteiger partial charge >= 0.3 is 0 Å². The van der Waals surface area contributed by atoms with Crippen molar-refractivity contribution in [1.82, 2.24) is 9.66 Å². The van der Waals surface area contributed by atoms with Crippen LogP contribution in [0, 0.1) is 18.3 Å². The highest BCUT2D eigenvalue weighted by Crippen LogP contribution is 2.20. The van der Waals surface area contributed by atoms with Crippen LogP contribution in [0.25, 0.3) is 11.1 Å². The van der Waals surface area contributed by atoms with Gasteiger partial charge < -0.3 is 5.73 Å². The molecule has 23 heavy (non-hydrogen) atoms. The van der Waals surface area contributed by atoms with Crippen molar-refractivity contribution in [2.45, 2.75) is 6.92 Å². The molecule has 0 radical (unpaired) electrons. The second-order valence-electron chi connectivity index (χ2n) is 5.14. The van der Waals surface area contributed by atoms with Crippen LogP contribution in [0.2, 0.25) is 0 Å². The quantitative estimate of drug-likeness (QED) is 0.754. The molecule has 0 fully saturated rings. The molecule has 5 nitrogen and oxygen atoms in total. The molecule has 2 N–H and O–H groups in total. The van der Waals surface area contributed by atoms with E-state index < -0.39 is 0 Å². The lowest BCUT2D eigenvalue weighted by atomic mass is 10.0. The largest absolute Gasteiger partial charge is 0.368 e. The Hall–Kier alpha value is -3.39. The monoisotopic (exact) mass is 301 g/mol. The molecular formula is C18H15N5. The summed E-state index contributed by atoms with van der Waals surface area (Å²) in [6, 6.07) is 17.6. The molecule has 1 heterocycles. The molecule has 0 bridgehead atoms. The Morgan fingerprint density at radius 2 is 1.96 bits per heavy atom. The van der Waals surface area contributed by atoms with E-state index in [1.165, 1.54) is 0 Å². The number of imidazole rings is 1. The van der Waals surface area contributed by atoms with E-state index in [0.29, 0.717) is 11.5 Å². The molecule has 0 unspecified atom stereocenters. The minimum absolute atomic E-state index is 0.363. The maximum absolute atomic E-state index is 8.86. The molecule has 2 aromatic carbocycles. The Morgan fingerprint density at radius 1 is 1.17 bits per heavy atom. The fourth-order valence-electron chi connectivity index (χ4n) is 2.26. The van der Waals surface area contributed by atoms with Crippen molar-refractivity contribution in [3.05, 3.63) is 71.5 Å². The van der Waals surface area contributed by atoms with E-state index in [2.05, 4.69) is 16.2 Å². The van der Waals surface area contributed by atoms with E-state index in [1.807, 2.05) is 55.5 Å². The van der Waals surface area contributed by atoms with Crippen molar-refractivity contribution in [2.24, 2.45) is 5.10 Å². The first kappa shape index (κ1) is 14.5. The smallest absolute Gasteiger partial charge is 0.221 e. The Morgan fingerprint density at radius 3 is 2.61 bits per heavy atom. The lowest BCUT2D eigenvalue weighted by molar-refractivity contribution is 0.897. The van der Waals surface area contributed by atoms with Gasteiger partial charge in [-0.05, 0) is 41.8 Å². The Labute approximate surface area is 134 Å². The van der Waals surface area contributed by atoms with Gasteiger partial charge in [0.1, 0.15) is 0 Å². The number of aryl methyl sites for hydroxylation is 1. The van der Waals surface area contributed by atoms with Crippen molar-refractivity contribution < 1.29 is 0 Å². The van der Waals surface area contributed by atoms with Gasteiger partial charge in [0.05, 0.1) is 29.7 Å². The zero-order chi connectivity index (χ0) is 16.2. The standard InChI is InChI=1S/C18H15N5/c1-13-12-23(18(20)22-13)21-11-15-3-2-4-17(9-15)16-7-5-14(10-19)6-8-16/h2-9,11-12H,1H3,(H2,20,22). The van der Waals surface area contributed by atoms with Gasteiger partial charge in [-0.3, -0.25) is 0 Å². The molecule has 1 aromatic heterocycles.